The third kappa shape index (κ3) is 8.52. The van der Waals surface area contributed by atoms with Gasteiger partial charge in [-0.2, -0.15) is 26.3 Å². The lowest BCUT2D eigenvalue weighted by molar-refractivity contribution is -0.143. The van der Waals surface area contributed by atoms with Crippen molar-refractivity contribution in [2.45, 2.75) is 20.8 Å². The first-order chi connectivity index (χ1) is 23.2. The highest BCUT2D eigenvalue weighted by molar-refractivity contribution is 8.00. The van der Waals surface area contributed by atoms with Crippen LogP contribution in [0.15, 0.2) is 79.2 Å². The number of benzene rings is 2. The van der Waals surface area contributed by atoms with Gasteiger partial charge in [-0.05, 0) is 60.4 Å². The van der Waals surface area contributed by atoms with Crippen LogP contribution >= 0.6 is 68.9 Å². The number of ether oxygens (including phenoxy) is 1. The number of nitrogen functional groups attached to an aromatic ring is 1. The number of aromatic nitrogens is 2. The molecule has 0 radical (unpaired) electrons. The second kappa shape index (κ2) is 15.3. The number of amidine groups is 1. The molecule has 0 saturated heterocycles. The number of alkyl halides is 6. The molecule has 6 rings (SSSR count). The van der Waals surface area contributed by atoms with E-state index in [0.29, 0.717) is 17.1 Å². The van der Waals surface area contributed by atoms with E-state index in [1.807, 2.05) is 59.7 Å². The Morgan fingerprint density at radius 1 is 0.755 bits per heavy atom. The summed E-state index contributed by atoms with van der Waals surface area (Å²) in [6.07, 6.45) is -5.86. The summed E-state index contributed by atoms with van der Waals surface area (Å²) in [5.74, 6) is 0.905. The maximum Gasteiger partial charge on any atom is 0.416 e. The Bertz CT molecular complexity index is 2050. The van der Waals surface area contributed by atoms with E-state index in [-0.39, 0.29) is 23.2 Å². The standard InChI is InChI=1S/C16H9F6NS3.C16H15N3OS3/c1-24-14-11(2-3-25-14)13-23-12(7-26-13)8-4-9(15(17,18)19)6-10(5-8)16(20,21)22;1-20-12-6-4-3-5-9(12)11-8-22-15(19-11)10-7-13(14(17)18)23-16(10)21-2/h2-7H,1H3;3-8H,1-2H3,(H3,17,18). The number of nitrogens with one attached hydrogen (secondary N) is 1. The summed E-state index contributed by atoms with van der Waals surface area (Å²) < 4.78 is 85.5. The number of hydrogen-bond donors (Lipinski definition) is 2. The molecule has 49 heavy (non-hydrogen) atoms. The molecule has 17 heteroatoms. The van der Waals surface area contributed by atoms with Crippen molar-refractivity contribution in [2.24, 2.45) is 5.73 Å². The maximum atomic E-state index is 13.0. The second-order valence-electron chi connectivity index (χ2n) is 9.83. The van der Waals surface area contributed by atoms with Gasteiger partial charge in [0.25, 0.3) is 0 Å². The minimum Gasteiger partial charge on any atom is -0.496 e. The number of rotatable bonds is 8. The fraction of sp³-hybridized carbons (Fsp3) is 0.156. The van der Waals surface area contributed by atoms with E-state index < -0.39 is 23.5 Å². The van der Waals surface area contributed by atoms with E-state index in [9.17, 15) is 26.3 Å². The van der Waals surface area contributed by atoms with Crippen molar-refractivity contribution in [3.8, 4) is 49.4 Å². The Hall–Kier alpha value is -3.35. The van der Waals surface area contributed by atoms with Crippen LogP contribution in [0.25, 0.3) is 43.7 Å². The van der Waals surface area contributed by atoms with Crippen molar-refractivity contribution in [1.82, 2.24) is 9.97 Å². The molecule has 5 nitrogen and oxygen atoms in total. The van der Waals surface area contributed by atoms with Crippen molar-refractivity contribution in [3.05, 3.63) is 86.7 Å². The van der Waals surface area contributed by atoms with Crippen LogP contribution in [0.5, 0.6) is 5.75 Å². The van der Waals surface area contributed by atoms with Crippen LogP contribution in [-0.2, 0) is 12.4 Å². The van der Waals surface area contributed by atoms with Crippen LogP contribution in [0.2, 0.25) is 0 Å². The first-order valence-electron chi connectivity index (χ1n) is 13.7. The number of thiazole rings is 2. The van der Waals surface area contributed by atoms with Gasteiger partial charge in [-0.15, -0.1) is 68.9 Å². The van der Waals surface area contributed by atoms with Crippen molar-refractivity contribution in [1.29, 1.82) is 5.41 Å². The second-order valence-corrected chi connectivity index (χ2v) is 15.7. The van der Waals surface area contributed by atoms with Crippen LogP contribution in [-0.4, -0.2) is 35.4 Å². The van der Waals surface area contributed by atoms with Gasteiger partial charge in [-0.25, -0.2) is 9.97 Å². The Morgan fingerprint density at radius 3 is 1.94 bits per heavy atom. The number of hydrogen-bond acceptors (Lipinski definition) is 10. The lowest BCUT2D eigenvalue weighted by atomic mass is 10.0. The van der Waals surface area contributed by atoms with Gasteiger partial charge in [-0.1, -0.05) is 12.1 Å². The monoisotopic (exact) mass is 786 g/mol. The Kier molecular flexibility index (Phi) is 11.5. The molecule has 4 heterocycles. The van der Waals surface area contributed by atoms with Crippen molar-refractivity contribution in [3.63, 3.8) is 0 Å². The topological polar surface area (TPSA) is 84.9 Å². The molecular weight excluding hydrogens is 763 g/mol. The molecule has 256 valence electrons. The molecule has 0 spiro atoms. The predicted octanol–water partition coefficient (Wildman–Crippen LogP) is 11.9. The number of thioether (sulfide) groups is 2. The number of nitrogens with two attached hydrogens (primary N) is 1. The van der Waals surface area contributed by atoms with E-state index in [0.717, 1.165) is 46.4 Å². The highest BCUT2D eigenvalue weighted by atomic mass is 32.2. The SMILES string of the molecule is COc1ccccc1-c1csc(-c2cc(C(=N)N)sc2SC)n1.CSc1sccc1-c1nc(-c2cc(C(F)(F)F)cc(C(F)(F)F)c2)cs1. The lowest BCUT2D eigenvalue weighted by Crippen LogP contribution is -2.11. The Balaban J connectivity index is 0.000000192. The molecule has 0 amide bonds. The van der Waals surface area contributed by atoms with Gasteiger partial charge < -0.3 is 10.5 Å². The van der Waals surface area contributed by atoms with Crippen LogP contribution in [0.1, 0.15) is 16.0 Å². The predicted molar refractivity (Wildman–Crippen MR) is 193 cm³/mol. The number of thiophene rings is 2. The average molecular weight is 787 g/mol. The maximum absolute atomic E-state index is 13.0. The van der Waals surface area contributed by atoms with Gasteiger partial charge >= 0.3 is 12.4 Å². The zero-order valence-electron chi connectivity index (χ0n) is 25.5. The average Bonchev–Trinajstić information content (AvgIpc) is 3.89. The largest absolute Gasteiger partial charge is 0.496 e. The van der Waals surface area contributed by atoms with Gasteiger partial charge in [-0.3, -0.25) is 5.41 Å². The molecule has 0 aliphatic heterocycles. The number of methoxy groups -OCH3 is 1. The van der Waals surface area contributed by atoms with Gasteiger partial charge in [0.1, 0.15) is 21.6 Å². The minimum atomic E-state index is -4.88. The molecule has 0 aliphatic carbocycles. The molecular formula is C32H24F6N4OS6. The molecule has 0 atom stereocenters. The smallest absolute Gasteiger partial charge is 0.416 e. The summed E-state index contributed by atoms with van der Waals surface area (Å²) in [6.45, 7) is 0. The molecule has 4 aromatic heterocycles. The summed E-state index contributed by atoms with van der Waals surface area (Å²) in [7, 11) is 1.66. The molecule has 0 aliphatic rings. The summed E-state index contributed by atoms with van der Waals surface area (Å²) in [4.78, 5) is 9.79. The normalized spacial score (nSPS) is 11.7. The van der Waals surface area contributed by atoms with Crippen molar-refractivity contribution >= 4 is 74.7 Å². The zero-order chi connectivity index (χ0) is 35.5. The summed E-state index contributed by atoms with van der Waals surface area (Å²) in [6, 6.07) is 13.1. The first kappa shape index (κ1) is 36.9. The van der Waals surface area contributed by atoms with E-state index >= 15 is 0 Å². The Labute approximate surface area is 301 Å². The molecule has 0 saturated carbocycles. The molecule has 6 aromatic rings. The third-order valence-electron chi connectivity index (χ3n) is 6.70. The quantitative estimate of drug-likeness (QED) is 0.0692. The van der Waals surface area contributed by atoms with Gasteiger partial charge in [0, 0.05) is 33.0 Å². The molecule has 0 bridgehead atoms. The fourth-order valence-electron chi connectivity index (χ4n) is 4.43. The van der Waals surface area contributed by atoms with Gasteiger partial charge in [0.05, 0.1) is 42.9 Å². The van der Waals surface area contributed by atoms with Crippen LogP contribution in [0.3, 0.4) is 0 Å². The highest BCUT2D eigenvalue weighted by Crippen LogP contribution is 2.43. The first-order valence-corrected chi connectivity index (χ1v) is 19.6. The minimum absolute atomic E-state index is 0.0832. The van der Waals surface area contributed by atoms with E-state index in [2.05, 4.69) is 4.98 Å². The molecule has 2 aromatic carbocycles. The van der Waals surface area contributed by atoms with Crippen LogP contribution in [0, 0.1) is 5.41 Å². The van der Waals surface area contributed by atoms with Crippen LogP contribution in [0.4, 0.5) is 26.3 Å². The summed E-state index contributed by atoms with van der Waals surface area (Å²) in [5, 5.41) is 14.5. The number of para-hydroxylation sites is 1. The van der Waals surface area contributed by atoms with Gasteiger partial charge in [0.15, 0.2) is 0 Å². The third-order valence-corrected chi connectivity index (χ3v) is 12.8. The molecule has 0 unspecified atom stereocenters. The Morgan fingerprint density at radius 2 is 1.35 bits per heavy atom. The highest BCUT2D eigenvalue weighted by Gasteiger charge is 2.37. The van der Waals surface area contributed by atoms with Gasteiger partial charge in [0.2, 0.25) is 0 Å². The van der Waals surface area contributed by atoms with Crippen LogP contribution < -0.4 is 10.5 Å². The zero-order valence-corrected chi connectivity index (χ0v) is 30.4. The fourth-order valence-corrected chi connectivity index (χ4v) is 9.68. The summed E-state index contributed by atoms with van der Waals surface area (Å²) in [5.41, 5.74) is 6.52. The molecule has 0 fully saturated rings. The van der Waals surface area contributed by atoms with E-state index in [1.54, 1.807) is 30.2 Å². The van der Waals surface area contributed by atoms with E-state index in [4.69, 9.17) is 20.9 Å². The van der Waals surface area contributed by atoms with Crippen molar-refractivity contribution in [2.75, 3.05) is 19.6 Å². The number of nitrogens with zero attached hydrogens (tertiary/aromatic N) is 2. The number of halogens is 6. The summed E-state index contributed by atoms with van der Waals surface area (Å²) >= 11 is 8.94. The lowest BCUT2D eigenvalue weighted by Gasteiger charge is -2.13. The van der Waals surface area contributed by atoms with E-state index in [1.165, 1.54) is 51.2 Å². The van der Waals surface area contributed by atoms with Crippen molar-refractivity contribution < 1.29 is 31.1 Å². The molecule has 3 N–H and O–H groups in total.